The molecule has 1 saturated carbocycles. The largest absolute Gasteiger partial charge is 0.417 e. The van der Waals surface area contributed by atoms with Crippen LogP contribution in [-0.4, -0.2) is 39.9 Å². The molecule has 0 radical (unpaired) electrons. The van der Waals surface area contributed by atoms with Gasteiger partial charge in [-0.1, -0.05) is 12.1 Å². The number of ether oxygens (including phenoxy) is 2. The molecule has 1 heterocycles. The Bertz CT molecular complexity index is 692. The highest BCUT2D eigenvalue weighted by Gasteiger charge is 2.39. The van der Waals surface area contributed by atoms with Gasteiger partial charge in [0, 0.05) is 6.04 Å². The van der Waals surface area contributed by atoms with Gasteiger partial charge in [-0.3, -0.25) is 0 Å². The summed E-state index contributed by atoms with van der Waals surface area (Å²) in [7, 11) is -4.28. The number of rotatable bonds is 3. The van der Waals surface area contributed by atoms with Crippen LogP contribution in [0.15, 0.2) is 29.2 Å². The number of alkyl halides is 3. The Hall–Kier alpha value is -1.16. The Morgan fingerprint density at radius 3 is 2.42 bits per heavy atom. The molecule has 1 N–H and O–H groups in total. The van der Waals surface area contributed by atoms with Gasteiger partial charge in [0.05, 0.1) is 35.9 Å². The smallest absolute Gasteiger partial charge is 0.373 e. The number of sulfonamides is 1. The maximum atomic E-state index is 13.0. The molecule has 1 aliphatic heterocycles. The molecule has 0 amide bonds. The molecule has 1 saturated heterocycles. The summed E-state index contributed by atoms with van der Waals surface area (Å²) in [5, 5.41) is 0. The summed E-state index contributed by atoms with van der Waals surface area (Å²) in [6.07, 6.45) is -3.53. The van der Waals surface area contributed by atoms with Gasteiger partial charge >= 0.3 is 6.18 Å². The van der Waals surface area contributed by atoms with Crippen molar-refractivity contribution in [3.05, 3.63) is 29.8 Å². The normalized spacial score (nSPS) is 28.4. The van der Waals surface area contributed by atoms with Crippen LogP contribution >= 0.6 is 0 Å². The summed E-state index contributed by atoms with van der Waals surface area (Å²) in [6, 6.07) is 3.71. The number of hydrogen-bond acceptors (Lipinski definition) is 4. The van der Waals surface area contributed by atoms with Crippen LogP contribution in [0, 0.1) is 0 Å². The summed E-state index contributed by atoms with van der Waals surface area (Å²) < 4.78 is 77.6. The van der Waals surface area contributed by atoms with Crippen LogP contribution in [0.1, 0.15) is 24.8 Å². The molecule has 0 spiro atoms. The van der Waals surface area contributed by atoms with Gasteiger partial charge in [0.1, 0.15) is 0 Å². The SMILES string of the molecule is O=S(=O)(NC1CCC2OCCOC2C1)c1ccccc1C(F)(F)F. The molecule has 1 aromatic rings. The summed E-state index contributed by atoms with van der Waals surface area (Å²) in [6.45, 7) is 0.952. The average molecular weight is 365 g/mol. The molecular weight excluding hydrogens is 347 g/mol. The Kier molecular flexibility index (Phi) is 4.87. The predicted octanol–water partition coefficient (Wildman–Crippen LogP) is 2.32. The van der Waals surface area contributed by atoms with Gasteiger partial charge in [-0.25, -0.2) is 13.1 Å². The number of nitrogens with one attached hydrogen (secondary N) is 1. The van der Waals surface area contributed by atoms with Gasteiger partial charge < -0.3 is 9.47 Å². The van der Waals surface area contributed by atoms with E-state index in [1.165, 1.54) is 12.1 Å². The highest BCUT2D eigenvalue weighted by Crippen LogP contribution is 2.34. The van der Waals surface area contributed by atoms with Gasteiger partial charge in [-0.05, 0) is 31.4 Å². The zero-order valence-corrected chi connectivity index (χ0v) is 13.6. The molecule has 3 rings (SSSR count). The molecule has 1 aliphatic carbocycles. The third kappa shape index (κ3) is 3.74. The minimum Gasteiger partial charge on any atom is -0.373 e. The standard InChI is InChI=1S/C15H18F3NO4S/c16-15(17,18)11-3-1-2-4-14(11)24(20,21)19-10-5-6-12-13(9-10)23-8-7-22-12/h1-4,10,12-13,19H,5-9H2. The van der Waals surface area contributed by atoms with Crippen molar-refractivity contribution in [2.75, 3.05) is 13.2 Å². The second-order valence-corrected chi connectivity index (χ2v) is 7.63. The second kappa shape index (κ2) is 6.62. The van der Waals surface area contributed by atoms with E-state index in [9.17, 15) is 21.6 Å². The number of halogens is 3. The van der Waals surface area contributed by atoms with Crippen molar-refractivity contribution >= 4 is 10.0 Å². The molecule has 0 aromatic heterocycles. The van der Waals surface area contributed by atoms with Gasteiger partial charge in [0.15, 0.2) is 0 Å². The minimum atomic E-state index is -4.73. The third-order valence-electron chi connectivity index (χ3n) is 4.28. The Labute approximate surface area is 138 Å². The number of hydrogen-bond donors (Lipinski definition) is 1. The van der Waals surface area contributed by atoms with Gasteiger partial charge in [0.25, 0.3) is 0 Å². The Morgan fingerprint density at radius 1 is 1.04 bits per heavy atom. The van der Waals surface area contributed by atoms with Crippen LogP contribution in [0.2, 0.25) is 0 Å². The highest BCUT2D eigenvalue weighted by atomic mass is 32.2. The minimum absolute atomic E-state index is 0.0676. The first kappa shape index (κ1) is 17.7. The first-order valence-electron chi connectivity index (χ1n) is 7.69. The van der Waals surface area contributed by atoms with Crippen LogP contribution in [0.5, 0.6) is 0 Å². The molecule has 2 aliphatic rings. The van der Waals surface area contributed by atoms with E-state index in [-0.39, 0.29) is 12.2 Å². The van der Waals surface area contributed by atoms with E-state index >= 15 is 0 Å². The first-order chi connectivity index (χ1) is 11.3. The van der Waals surface area contributed by atoms with E-state index in [1.54, 1.807) is 0 Å². The van der Waals surface area contributed by atoms with Crippen molar-refractivity contribution in [2.45, 2.75) is 48.6 Å². The van der Waals surface area contributed by atoms with E-state index in [1.807, 2.05) is 0 Å². The van der Waals surface area contributed by atoms with Gasteiger partial charge in [-0.15, -0.1) is 0 Å². The Morgan fingerprint density at radius 2 is 1.71 bits per heavy atom. The van der Waals surface area contributed by atoms with E-state index in [0.29, 0.717) is 32.5 Å². The average Bonchev–Trinajstić information content (AvgIpc) is 2.53. The summed E-state index contributed by atoms with van der Waals surface area (Å²) in [5.74, 6) is 0. The fourth-order valence-electron chi connectivity index (χ4n) is 3.19. The zero-order chi connectivity index (χ0) is 17.4. The quantitative estimate of drug-likeness (QED) is 0.893. The molecule has 9 heteroatoms. The van der Waals surface area contributed by atoms with Crippen molar-refractivity contribution < 1.29 is 31.1 Å². The molecule has 24 heavy (non-hydrogen) atoms. The van der Waals surface area contributed by atoms with Crippen molar-refractivity contribution in [1.29, 1.82) is 0 Å². The first-order valence-corrected chi connectivity index (χ1v) is 9.17. The molecule has 1 aromatic carbocycles. The van der Waals surface area contributed by atoms with Crippen molar-refractivity contribution in [3.63, 3.8) is 0 Å². The van der Waals surface area contributed by atoms with Crippen LogP contribution in [0.3, 0.4) is 0 Å². The zero-order valence-electron chi connectivity index (χ0n) is 12.8. The molecular formula is C15H18F3NO4S. The predicted molar refractivity (Wildman–Crippen MR) is 78.9 cm³/mol. The lowest BCUT2D eigenvalue weighted by Crippen LogP contribution is -2.49. The van der Waals surface area contributed by atoms with Crippen molar-refractivity contribution in [1.82, 2.24) is 4.72 Å². The highest BCUT2D eigenvalue weighted by molar-refractivity contribution is 7.89. The monoisotopic (exact) mass is 365 g/mol. The lowest BCUT2D eigenvalue weighted by Gasteiger charge is -2.38. The molecule has 134 valence electrons. The number of fused-ring (bicyclic) bond motifs is 1. The van der Waals surface area contributed by atoms with E-state index < -0.39 is 32.7 Å². The van der Waals surface area contributed by atoms with E-state index in [2.05, 4.69) is 4.72 Å². The fourth-order valence-corrected chi connectivity index (χ4v) is 4.70. The fraction of sp³-hybridized carbons (Fsp3) is 0.600. The van der Waals surface area contributed by atoms with Crippen LogP contribution in [-0.2, 0) is 25.7 Å². The lowest BCUT2D eigenvalue weighted by atomic mass is 9.90. The second-order valence-electron chi connectivity index (χ2n) is 5.94. The summed E-state index contributed by atoms with van der Waals surface area (Å²) in [4.78, 5) is -0.750. The molecule has 3 unspecified atom stereocenters. The van der Waals surface area contributed by atoms with E-state index in [0.717, 1.165) is 12.1 Å². The summed E-state index contributed by atoms with van der Waals surface area (Å²) >= 11 is 0. The van der Waals surface area contributed by atoms with Crippen LogP contribution in [0.4, 0.5) is 13.2 Å². The maximum Gasteiger partial charge on any atom is 0.417 e. The number of benzene rings is 1. The van der Waals surface area contributed by atoms with Crippen molar-refractivity contribution in [2.24, 2.45) is 0 Å². The molecule has 5 nitrogen and oxygen atoms in total. The summed E-state index contributed by atoms with van der Waals surface area (Å²) in [5.41, 5.74) is -1.16. The topological polar surface area (TPSA) is 64.6 Å². The molecule has 2 fully saturated rings. The van der Waals surface area contributed by atoms with Crippen LogP contribution in [0.25, 0.3) is 0 Å². The van der Waals surface area contributed by atoms with Crippen LogP contribution < -0.4 is 4.72 Å². The van der Waals surface area contributed by atoms with E-state index in [4.69, 9.17) is 9.47 Å². The van der Waals surface area contributed by atoms with Crippen molar-refractivity contribution in [3.8, 4) is 0 Å². The molecule has 3 atom stereocenters. The maximum absolute atomic E-state index is 13.0. The lowest BCUT2D eigenvalue weighted by molar-refractivity contribution is -0.156. The third-order valence-corrected chi connectivity index (χ3v) is 5.86. The molecule has 0 bridgehead atoms. The van der Waals surface area contributed by atoms with Gasteiger partial charge in [0.2, 0.25) is 10.0 Å². The van der Waals surface area contributed by atoms with Gasteiger partial charge in [-0.2, -0.15) is 13.2 Å². The Balaban J connectivity index is 1.78.